The minimum atomic E-state index is 0.145. The lowest BCUT2D eigenvalue weighted by Gasteiger charge is -2.39. The molecule has 3 heterocycles. The Morgan fingerprint density at radius 1 is 1.00 bits per heavy atom. The molecule has 2 saturated heterocycles. The molecule has 0 bridgehead atoms. The third-order valence-electron chi connectivity index (χ3n) is 5.02. The molecule has 2 aromatic rings. The maximum absolute atomic E-state index is 12.6. The van der Waals surface area contributed by atoms with Crippen molar-refractivity contribution in [3.8, 4) is 0 Å². The van der Waals surface area contributed by atoms with Gasteiger partial charge < -0.3 is 19.4 Å². The number of anilines is 1. The number of piperazine rings is 1. The Hall–Kier alpha value is -2.34. The van der Waals surface area contributed by atoms with Crippen molar-refractivity contribution in [2.24, 2.45) is 0 Å². The number of carbonyl (C=O) groups excluding carboxylic acids is 1. The zero-order valence-electron chi connectivity index (χ0n) is 14.6. The van der Waals surface area contributed by atoms with Crippen LogP contribution in [0.15, 0.2) is 30.3 Å². The molecular weight excluding hydrogens is 316 g/mol. The van der Waals surface area contributed by atoms with Crippen molar-refractivity contribution in [2.45, 2.75) is 6.92 Å². The monoisotopic (exact) mass is 340 g/mol. The van der Waals surface area contributed by atoms with Crippen LogP contribution in [0.4, 0.5) is 10.6 Å². The van der Waals surface area contributed by atoms with E-state index >= 15 is 0 Å². The van der Waals surface area contributed by atoms with Crippen LogP contribution in [-0.4, -0.2) is 73.3 Å². The summed E-state index contributed by atoms with van der Waals surface area (Å²) in [5.41, 5.74) is 2.21. The van der Waals surface area contributed by atoms with Gasteiger partial charge in [0, 0.05) is 44.7 Å². The summed E-state index contributed by atoms with van der Waals surface area (Å²) < 4.78 is 5.33. The molecule has 2 amide bonds. The first-order chi connectivity index (χ1) is 12.2. The van der Waals surface area contributed by atoms with Crippen molar-refractivity contribution >= 4 is 22.8 Å². The summed E-state index contributed by atoms with van der Waals surface area (Å²) >= 11 is 0. The number of benzene rings is 1. The van der Waals surface area contributed by atoms with Crippen LogP contribution in [0.25, 0.3) is 10.9 Å². The van der Waals surface area contributed by atoms with E-state index in [-0.39, 0.29) is 6.03 Å². The Morgan fingerprint density at radius 3 is 2.44 bits per heavy atom. The quantitative estimate of drug-likeness (QED) is 0.798. The molecule has 1 aromatic heterocycles. The molecule has 0 atom stereocenters. The van der Waals surface area contributed by atoms with Gasteiger partial charge in [0.2, 0.25) is 0 Å². The Kier molecular flexibility index (Phi) is 4.44. The van der Waals surface area contributed by atoms with E-state index in [1.165, 1.54) is 10.9 Å². The lowest BCUT2D eigenvalue weighted by atomic mass is 10.1. The van der Waals surface area contributed by atoms with Gasteiger partial charge in [0.15, 0.2) is 0 Å². The zero-order valence-corrected chi connectivity index (χ0v) is 14.6. The normalized spacial score (nSPS) is 18.7. The summed E-state index contributed by atoms with van der Waals surface area (Å²) in [5, 5.41) is 1.17. The highest BCUT2D eigenvalue weighted by atomic mass is 16.5. The van der Waals surface area contributed by atoms with Gasteiger partial charge in [-0.2, -0.15) is 0 Å². The van der Waals surface area contributed by atoms with Gasteiger partial charge in [0.05, 0.1) is 18.7 Å². The van der Waals surface area contributed by atoms with Crippen molar-refractivity contribution in [3.63, 3.8) is 0 Å². The number of hydrogen-bond acceptors (Lipinski definition) is 4. The van der Waals surface area contributed by atoms with E-state index in [1.807, 2.05) is 21.9 Å². The predicted molar refractivity (Wildman–Crippen MR) is 98.1 cm³/mol. The van der Waals surface area contributed by atoms with Crippen molar-refractivity contribution < 1.29 is 9.53 Å². The number of nitrogens with zero attached hydrogens (tertiary/aromatic N) is 4. The zero-order chi connectivity index (χ0) is 17.2. The number of aromatic nitrogens is 1. The second-order valence-corrected chi connectivity index (χ2v) is 6.68. The second-order valence-electron chi connectivity index (χ2n) is 6.68. The van der Waals surface area contributed by atoms with Crippen LogP contribution < -0.4 is 4.90 Å². The van der Waals surface area contributed by atoms with Crippen LogP contribution in [0.5, 0.6) is 0 Å². The van der Waals surface area contributed by atoms with E-state index in [9.17, 15) is 4.79 Å². The number of fused-ring (bicyclic) bond motifs is 1. The first-order valence-corrected chi connectivity index (χ1v) is 8.95. The van der Waals surface area contributed by atoms with Gasteiger partial charge in [0.25, 0.3) is 0 Å². The van der Waals surface area contributed by atoms with Crippen molar-refractivity contribution in [2.75, 3.05) is 57.4 Å². The molecule has 0 unspecified atom stereocenters. The van der Waals surface area contributed by atoms with Gasteiger partial charge in [-0.1, -0.05) is 18.2 Å². The number of rotatable bonds is 1. The summed E-state index contributed by atoms with van der Waals surface area (Å²) in [7, 11) is 0. The number of hydrogen-bond donors (Lipinski definition) is 0. The van der Waals surface area contributed by atoms with Gasteiger partial charge in [-0.15, -0.1) is 0 Å². The van der Waals surface area contributed by atoms with Crippen molar-refractivity contribution in [3.05, 3.63) is 35.9 Å². The van der Waals surface area contributed by atoms with Gasteiger partial charge >= 0.3 is 6.03 Å². The number of carbonyl (C=O) groups is 1. The number of morpholine rings is 1. The van der Waals surface area contributed by atoms with Crippen LogP contribution in [0.1, 0.15) is 5.56 Å². The Bertz CT molecular complexity index is 765. The Morgan fingerprint density at radius 2 is 1.68 bits per heavy atom. The molecular formula is C19H24N4O2. The molecule has 6 nitrogen and oxygen atoms in total. The molecule has 4 rings (SSSR count). The van der Waals surface area contributed by atoms with Crippen LogP contribution in [0.3, 0.4) is 0 Å². The highest BCUT2D eigenvalue weighted by Crippen LogP contribution is 2.24. The van der Waals surface area contributed by atoms with Gasteiger partial charge in [-0.25, -0.2) is 9.78 Å². The molecule has 0 radical (unpaired) electrons. The summed E-state index contributed by atoms with van der Waals surface area (Å²) in [4.78, 5) is 23.6. The number of pyridine rings is 1. The third-order valence-corrected chi connectivity index (χ3v) is 5.02. The van der Waals surface area contributed by atoms with Crippen molar-refractivity contribution in [1.82, 2.24) is 14.8 Å². The summed E-state index contributed by atoms with van der Waals surface area (Å²) in [6.45, 7) is 7.92. The first-order valence-electron chi connectivity index (χ1n) is 8.95. The molecule has 25 heavy (non-hydrogen) atoms. The van der Waals surface area contributed by atoms with Gasteiger partial charge in [-0.05, 0) is 24.6 Å². The largest absolute Gasteiger partial charge is 0.378 e. The molecule has 2 aliphatic rings. The molecule has 2 aliphatic heterocycles. The minimum Gasteiger partial charge on any atom is -0.378 e. The number of urea groups is 1. The van der Waals surface area contributed by atoms with E-state index < -0.39 is 0 Å². The van der Waals surface area contributed by atoms with E-state index in [2.05, 4.69) is 30.0 Å². The topological polar surface area (TPSA) is 48.9 Å². The number of aryl methyl sites for hydroxylation is 1. The fourth-order valence-corrected chi connectivity index (χ4v) is 3.60. The van der Waals surface area contributed by atoms with E-state index in [0.717, 1.165) is 37.5 Å². The van der Waals surface area contributed by atoms with Gasteiger partial charge in [-0.3, -0.25) is 0 Å². The number of para-hydroxylation sites is 1. The molecule has 132 valence electrons. The molecule has 6 heteroatoms. The highest BCUT2D eigenvalue weighted by molar-refractivity contribution is 5.82. The van der Waals surface area contributed by atoms with Crippen molar-refractivity contribution in [1.29, 1.82) is 0 Å². The number of amides is 2. The summed E-state index contributed by atoms with van der Waals surface area (Å²) in [6, 6.07) is 10.6. The lowest BCUT2D eigenvalue weighted by molar-refractivity contribution is 0.0428. The van der Waals surface area contributed by atoms with Crippen LogP contribution in [-0.2, 0) is 4.74 Å². The standard InChI is InChI=1S/C19H24N4O2/c1-15-14-16-4-2-3-5-17(16)20-18(15)21-6-8-22(9-7-21)19(24)23-10-12-25-13-11-23/h2-5,14H,6-13H2,1H3. The fraction of sp³-hybridized carbons (Fsp3) is 0.474. The molecule has 0 saturated carbocycles. The summed E-state index contributed by atoms with van der Waals surface area (Å²) in [6.07, 6.45) is 0. The van der Waals surface area contributed by atoms with E-state index in [0.29, 0.717) is 26.3 Å². The Labute approximate surface area is 148 Å². The average Bonchev–Trinajstić information content (AvgIpc) is 2.68. The maximum Gasteiger partial charge on any atom is 0.320 e. The van der Waals surface area contributed by atoms with E-state index in [4.69, 9.17) is 9.72 Å². The lowest BCUT2D eigenvalue weighted by Crippen LogP contribution is -2.55. The predicted octanol–water partition coefficient (Wildman–Crippen LogP) is 2.12. The van der Waals surface area contributed by atoms with Crippen LogP contribution in [0.2, 0.25) is 0 Å². The molecule has 0 N–H and O–H groups in total. The van der Waals surface area contributed by atoms with Crippen LogP contribution in [0, 0.1) is 6.92 Å². The van der Waals surface area contributed by atoms with Gasteiger partial charge in [0.1, 0.15) is 5.82 Å². The molecule has 1 aromatic carbocycles. The van der Waals surface area contributed by atoms with E-state index in [1.54, 1.807) is 0 Å². The summed E-state index contributed by atoms with van der Waals surface area (Å²) in [5.74, 6) is 1.04. The first kappa shape index (κ1) is 16.1. The fourth-order valence-electron chi connectivity index (χ4n) is 3.60. The maximum atomic E-state index is 12.6. The second kappa shape index (κ2) is 6.88. The Balaban J connectivity index is 1.45. The third kappa shape index (κ3) is 3.26. The van der Waals surface area contributed by atoms with Crippen LogP contribution >= 0.6 is 0 Å². The molecule has 0 spiro atoms. The number of ether oxygens (including phenoxy) is 1. The smallest absolute Gasteiger partial charge is 0.320 e. The highest BCUT2D eigenvalue weighted by Gasteiger charge is 2.27. The SMILES string of the molecule is Cc1cc2ccccc2nc1N1CCN(C(=O)N2CCOCC2)CC1. The molecule has 2 fully saturated rings. The molecule has 0 aliphatic carbocycles. The average molecular weight is 340 g/mol. The minimum absolute atomic E-state index is 0.145.